The lowest BCUT2D eigenvalue weighted by molar-refractivity contribution is 0.0692. The van der Waals surface area contributed by atoms with E-state index in [1.807, 2.05) is 12.1 Å². The molecule has 5 heteroatoms. The number of aromatic carboxylic acids is 1. The van der Waals surface area contributed by atoms with Crippen molar-refractivity contribution in [2.75, 3.05) is 5.73 Å². The van der Waals surface area contributed by atoms with Gasteiger partial charge in [0.2, 0.25) is 0 Å². The molecule has 0 fully saturated rings. The number of benzene rings is 2. The van der Waals surface area contributed by atoms with E-state index in [2.05, 4.69) is 5.10 Å². The molecule has 0 amide bonds. The predicted octanol–water partition coefficient (Wildman–Crippen LogP) is 2.31. The smallest absolute Gasteiger partial charge is 0.357 e. The van der Waals surface area contributed by atoms with Gasteiger partial charge in [-0.1, -0.05) is 18.2 Å². The number of hydrogen-bond acceptors (Lipinski definition) is 3. The normalized spacial score (nSPS) is 10.7. The highest BCUT2D eigenvalue weighted by Crippen LogP contribution is 2.22. The highest BCUT2D eigenvalue weighted by molar-refractivity contribution is 6.01. The molecule has 0 saturated heterocycles. The molecule has 3 aromatic rings. The van der Waals surface area contributed by atoms with Gasteiger partial charge in [0.05, 0.1) is 11.2 Å². The van der Waals surface area contributed by atoms with Crippen molar-refractivity contribution >= 4 is 22.6 Å². The molecule has 0 radical (unpaired) electrons. The number of carboxylic acids is 1. The molecule has 2 aromatic carbocycles. The number of nitrogens with zero attached hydrogens (tertiary/aromatic N) is 2. The van der Waals surface area contributed by atoms with Crippen LogP contribution in [0.4, 0.5) is 5.69 Å². The molecule has 94 valence electrons. The van der Waals surface area contributed by atoms with E-state index in [4.69, 9.17) is 5.73 Å². The van der Waals surface area contributed by atoms with E-state index in [-0.39, 0.29) is 5.69 Å². The van der Waals surface area contributed by atoms with E-state index in [9.17, 15) is 9.90 Å². The summed E-state index contributed by atoms with van der Waals surface area (Å²) in [5, 5.41) is 14.0. The van der Waals surface area contributed by atoms with Gasteiger partial charge >= 0.3 is 5.97 Å². The number of carboxylic acid groups (broad SMARTS) is 1. The minimum Gasteiger partial charge on any atom is -0.476 e. The molecule has 5 nitrogen and oxygen atoms in total. The fourth-order valence-corrected chi connectivity index (χ4v) is 2.04. The van der Waals surface area contributed by atoms with Crippen molar-refractivity contribution in [3.63, 3.8) is 0 Å². The molecule has 1 heterocycles. The molecule has 0 aliphatic carbocycles. The first kappa shape index (κ1) is 11.3. The third-order valence-electron chi connectivity index (χ3n) is 2.93. The molecule has 0 unspecified atom stereocenters. The van der Waals surface area contributed by atoms with Gasteiger partial charge in [0.25, 0.3) is 0 Å². The van der Waals surface area contributed by atoms with Gasteiger partial charge < -0.3 is 10.8 Å². The number of aromatic nitrogens is 2. The Bertz CT molecular complexity index is 760. The number of rotatable bonds is 2. The second kappa shape index (κ2) is 4.13. The van der Waals surface area contributed by atoms with Crippen molar-refractivity contribution in [2.24, 2.45) is 0 Å². The number of anilines is 1. The third-order valence-corrected chi connectivity index (χ3v) is 2.93. The minimum absolute atomic E-state index is 0.0485. The van der Waals surface area contributed by atoms with Crippen LogP contribution < -0.4 is 5.73 Å². The minimum atomic E-state index is -1.04. The largest absolute Gasteiger partial charge is 0.476 e. The Hall–Kier alpha value is -2.82. The molecule has 0 aliphatic rings. The zero-order valence-electron chi connectivity index (χ0n) is 9.95. The molecule has 1 aromatic heterocycles. The Balaban J connectivity index is 2.29. The number of para-hydroxylation sites is 1. The quantitative estimate of drug-likeness (QED) is 0.687. The van der Waals surface area contributed by atoms with E-state index >= 15 is 0 Å². The van der Waals surface area contributed by atoms with Crippen LogP contribution >= 0.6 is 0 Å². The summed E-state index contributed by atoms with van der Waals surface area (Å²) in [4.78, 5) is 11.2. The lowest BCUT2D eigenvalue weighted by Gasteiger charge is -2.03. The second-order valence-electron chi connectivity index (χ2n) is 4.17. The summed E-state index contributed by atoms with van der Waals surface area (Å²) in [7, 11) is 0. The molecule has 0 saturated carbocycles. The number of fused-ring (bicyclic) bond motifs is 1. The van der Waals surface area contributed by atoms with Crippen LogP contribution in [0.15, 0.2) is 48.5 Å². The van der Waals surface area contributed by atoms with Crippen LogP contribution in [0, 0.1) is 0 Å². The Morgan fingerprint density at radius 1 is 1.11 bits per heavy atom. The van der Waals surface area contributed by atoms with Gasteiger partial charge in [-0.05, 0) is 30.3 Å². The summed E-state index contributed by atoms with van der Waals surface area (Å²) in [5.74, 6) is -1.04. The fraction of sp³-hybridized carbons (Fsp3) is 0. The standard InChI is InChI=1S/C14H11N3O2/c15-9-5-7-10(8-6-9)17-12-4-2-1-3-11(12)13(16-17)14(18)19/h1-8H,15H2,(H,18,19). The van der Waals surface area contributed by atoms with Crippen LogP contribution in [0.25, 0.3) is 16.6 Å². The fourth-order valence-electron chi connectivity index (χ4n) is 2.04. The van der Waals surface area contributed by atoms with Gasteiger partial charge in [-0.25, -0.2) is 9.48 Å². The summed E-state index contributed by atoms with van der Waals surface area (Å²) in [6.45, 7) is 0. The molecule has 0 atom stereocenters. The predicted molar refractivity (Wildman–Crippen MR) is 72.4 cm³/mol. The summed E-state index contributed by atoms with van der Waals surface area (Å²) in [6, 6.07) is 14.4. The average molecular weight is 253 g/mol. The van der Waals surface area contributed by atoms with Gasteiger partial charge in [-0.3, -0.25) is 0 Å². The molecular weight excluding hydrogens is 242 g/mol. The zero-order chi connectivity index (χ0) is 13.4. The molecule has 3 rings (SSSR count). The molecule has 0 spiro atoms. The first-order valence-corrected chi connectivity index (χ1v) is 5.74. The van der Waals surface area contributed by atoms with E-state index in [1.54, 1.807) is 41.1 Å². The monoisotopic (exact) mass is 253 g/mol. The van der Waals surface area contributed by atoms with Gasteiger partial charge in [0.15, 0.2) is 5.69 Å². The summed E-state index contributed by atoms with van der Waals surface area (Å²) >= 11 is 0. The maximum atomic E-state index is 11.2. The van der Waals surface area contributed by atoms with Gasteiger partial charge in [0, 0.05) is 11.1 Å². The maximum absolute atomic E-state index is 11.2. The number of nitrogens with two attached hydrogens (primary N) is 1. The second-order valence-corrected chi connectivity index (χ2v) is 4.17. The first-order chi connectivity index (χ1) is 9.16. The summed E-state index contributed by atoms with van der Waals surface area (Å²) in [6.07, 6.45) is 0. The maximum Gasteiger partial charge on any atom is 0.357 e. The molecule has 3 N–H and O–H groups in total. The SMILES string of the molecule is Nc1ccc(-n2nc(C(=O)O)c3ccccc32)cc1. The Kier molecular flexibility index (Phi) is 2.45. The van der Waals surface area contributed by atoms with E-state index in [0.717, 1.165) is 11.2 Å². The van der Waals surface area contributed by atoms with Gasteiger partial charge in [0.1, 0.15) is 0 Å². The molecular formula is C14H11N3O2. The Morgan fingerprint density at radius 3 is 2.47 bits per heavy atom. The molecule has 0 aliphatic heterocycles. The van der Waals surface area contributed by atoms with Crippen LogP contribution in [-0.4, -0.2) is 20.9 Å². The Labute approximate surface area is 108 Å². The zero-order valence-corrected chi connectivity index (χ0v) is 9.95. The summed E-state index contributed by atoms with van der Waals surface area (Å²) in [5.41, 5.74) is 7.88. The topological polar surface area (TPSA) is 81.1 Å². The van der Waals surface area contributed by atoms with Crippen molar-refractivity contribution in [3.8, 4) is 5.69 Å². The van der Waals surface area contributed by atoms with Crippen molar-refractivity contribution in [1.29, 1.82) is 0 Å². The van der Waals surface area contributed by atoms with E-state index in [0.29, 0.717) is 11.1 Å². The number of carbonyl (C=O) groups is 1. The summed E-state index contributed by atoms with van der Waals surface area (Å²) < 4.78 is 1.61. The van der Waals surface area contributed by atoms with Crippen LogP contribution in [0.2, 0.25) is 0 Å². The van der Waals surface area contributed by atoms with Crippen LogP contribution in [0.5, 0.6) is 0 Å². The van der Waals surface area contributed by atoms with Crippen LogP contribution in [0.1, 0.15) is 10.5 Å². The third kappa shape index (κ3) is 1.81. The van der Waals surface area contributed by atoms with Crippen molar-refractivity contribution in [3.05, 3.63) is 54.2 Å². The molecule has 19 heavy (non-hydrogen) atoms. The highest BCUT2D eigenvalue weighted by atomic mass is 16.4. The van der Waals surface area contributed by atoms with Gasteiger partial charge in [-0.15, -0.1) is 0 Å². The van der Waals surface area contributed by atoms with Crippen LogP contribution in [0.3, 0.4) is 0 Å². The number of hydrogen-bond donors (Lipinski definition) is 2. The number of nitrogen functional groups attached to an aromatic ring is 1. The average Bonchev–Trinajstić information content (AvgIpc) is 2.79. The molecule has 0 bridgehead atoms. The lowest BCUT2D eigenvalue weighted by atomic mass is 10.2. The lowest BCUT2D eigenvalue weighted by Crippen LogP contribution is -2.01. The van der Waals surface area contributed by atoms with E-state index in [1.165, 1.54) is 0 Å². The highest BCUT2D eigenvalue weighted by Gasteiger charge is 2.16. The van der Waals surface area contributed by atoms with Crippen molar-refractivity contribution in [2.45, 2.75) is 0 Å². The van der Waals surface area contributed by atoms with Crippen LogP contribution in [-0.2, 0) is 0 Å². The van der Waals surface area contributed by atoms with Gasteiger partial charge in [-0.2, -0.15) is 5.10 Å². The van der Waals surface area contributed by atoms with Crippen molar-refractivity contribution in [1.82, 2.24) is 9.78 Å². The first-order valence-electron chi connectivity index (χ1n) is 5.74. The van der Waals surface area contributed by atoms with E-state index < -0.39 is 5.97 Å². The van der Waals surface area contributed by atoms with Crippen molar-refractivity contribution < 1.29 is 9.90 Å². The Morgan fingerprint density at radius 2 is 1.79 bits per heavy atom.